The van der Waals surface area contributed by atoms with E-state index in [0.717, 1.165) is 42.5 Å². The number of amides is 1. The number of carbonyl (C=O) groups is 1. The number of benzene rings is 1. The van der Waals surface area contributed by atoms with E-state index in [9.17, 15) is 15.0 Å². The van der Waals surface area contributed by atoms with Gasteiger partial charge < -0.3 is 14.9 Å². The number of fused-ring (bicyclic) bond motifs is 3. The van der Waals surface area contributed by atoms with Crippen LogP contribution in [-0.2, 0) is 11.2 Å². The van der Waals surface area contributed by atoms with E-state index in [1.807, 2.05) is 26.8 Å². The van der Waals surface area contributed by atoms with Crippen LogP contribution in [0.25, 0.3) is 0 Å². The van der Waals surface area contributed by atoms with Crippen LogP contribution in [0.2, 0.25) is 0 Å². The molecule has 1 amide bonds. The van der Waals surface area contributed by atoms with Gasteiger partial charge in [0.15, 0.2) is 0 Å². The number of allylic oxidation sites excluding steroid dienone is 2. The van der Waals surface area contributed by atoms with E-state index in [1.54, 1.807) is 4.90 Å². The Labute approximate surface area is 148 Å². The lowest BCUT2D eigenvalue weighted by Crippen LogP contribution is -2.40. The van der Waals surface area contributed by atoms with Crippen molar-refractivity contribution in [1.29, 1.82) is 0 Å². The van der Waals surface area contributed by atoms with Crippen molar-refractivity contribution in [3.63, 3.8) is 0 Å². The molecule has 136 valence electrons. The molecule has 1 aliphatic carbocycles. The summed E-state index contributed by atoms with van der Waals surface area (Å²) >= 11 is 0. The van der Waals surface area contributed by atoms with Gasteiger partial charge in [0.1, 0.15) is 17.1 Å². The summed E-state index contributed by atoms with van der Waals surface area (Å²) in [5.74, 6) is 0.297. The zero-order valence-electron chi connectivity index (χ0n) is 15.2. The van der Waals surface area contributed by atoms with Gasteiger partial charge in [0, 0.05) is 29.3 Å². The van der Waals surface area contributed by atoms with E-state index in [2.05, 4.69) is 0 Å². The van der Waals surface area contributed by atoms with Crippen molar-refractivity contribution < 1.29 is 19.7 Å². The molecule has 1 heterocycles. The molecular formula is C20H27NO4. The molecule has 1 unspecified atom stereocenters. The number of hydrogen-bond acceptors (Lipinski definition) is 4. The van der Waals surface area contributed by atoms with E-state index in [-0.39, 0.29) is 23.5 Å². The van der Waals surface area contributed by atoms with Gasteiger partial charge in [-0.1, -0.05) is 18.9 Å². The van der Waals surface area contributed by atoms with Gasteiger partial charge in [0.05, 0.1) is 0 Å². The maximum absolute atomic E-state index is 12.7. The summed E-state index contributed by atoms with van der Waals surface area (Å²) < 4.78 is 5.60. The molecule has 1 fully saturated rings. The minimum atomic E-state index is -0.553. The third-order valence-corrected chi connectivity index (χ3v) is 4.83. The smallest absolute Gasteiger partial charge is 0.414 e. The summed E-state index contributed by atoms with van der Waals surface area (Å²) in [5.41, 5.74) is 1.86. The third-order valence-electron chi connectivity index (χ3n) is 4.83. The number of hydrogen-bond donors (Lipinski definition) is 2. The van der Waals surface area contributed by atoms with Crippen LogP contribution in [0.4, 0.5) is 4.79 Å². The number of carbonyl (C=O) groups excluding carboxylic acids is 1. The van der Waals surface area contributed by atoms with E-state index in [4.69, 9.17) is 4.74 Å². The molecule has 1 aromatic rings. The second-order valence-electron chi connectivity index (χ2n) is 7.86. The van der Waals surface area contributed by atoms with Crippen LogP contribution in [0.15, 0.2) is 23.9 Å². The highest BCUT2D eigenvalue weighted by molar-refractivity contribution is 5.72. The number of phenolic OH excluding ortho intramolecular Hbond substituents is 2. The van der Waals surface area contributed by atoms with Gasteiger partial charge in [-0.2, -0.15) is 0 Å². The summed E-state index contributed by atoms with van der Waals surface area (Å²) in [6.45, 7) is 6.20. The Hall–Kier alpha value is -2.17. The Morgan fingerprint density at radius 3 is 2.60 bits per heavy atom. The van der Waals surface area contributed by atoms with E-state index in [0.29, 0.717) is 13.0 Å². The number of ether oxygens (including phenoxy) is 1. The highest BCUT2D eigenvalue weighted by atomic mass is 16.6. The number of likely N-dealkylation sites (tertiary alicyclic amines) is 1. The standard InChI is InChI=1S/C20H27NO4/c1-20(2,3)25-19(24)21-12-6-4-5-7-13-15(21)9-8-14-16(22)10-11-17(23)18(13)14/h9-11,13,22-23H,4-8,12H2,1-3H3. The lowest BCUT2D eigenvalue weighted by molar-refractivity contribution is 0.0291. The summed E-state index contributed by atoms with van der Waals surface area (Å²) in [6, 6.07) is 3.06. The van der Waals surface area contributed by atoms with Crippen molar-refractivity contribution in [2.75, 3.05) is 6.54 Å². The predicted octanol–water partition coefficient (Wildman–Crippen LogP) is 4.43. The van der Waals surface area contributed by atoms with Gasteiger partial charge in [-0.3, -0.25) is 4.90 Å². The number of aromatic hydroxyl groups is 2. The minimum absolute atomic E-state index is 0.0938. The zero-order valence-corrected chi connectivity index (χ0v) is 15.2. The predicted molar refractivity (Wildman–Crippen MR) is 95.7 cm³/mol. The number of rotatable bonds is 0. The molecule has 5 nitrogen and oxygen atoms in total. The number of phenols is 2. The van der Waals surface area contributed by atoms with Crippen LogP contribution < -0.4 is 0 Å². The Morgan fingerprint density at radius 1 is 1.16 bits per heavy atom. The molecule has 25 heavy (non-hydrogen) atoms. The van der Waals surface area contributed by atoms with Crippen molar-refractivity contribution in [1.82, 2.24) is 4.90 Å². The molecule has 0 bridgehead atoms. The molecule has 1 aliphatic heterocycles. The van der Waals surface area contributed by atoms with Crippen molar-refractivity contribution in [2.24, 2.45) is 0 Å². The topological polar surface area (TPSA) is 70.0 Å². The highest BCUT2D eigenvalue weighted by Gasteiger charge is 2.35. The molecule has 0 aromatic heterocycles. The monoisotopic (exact) mass is 345 g/mol. The van der Waals surface area contributed by atoms with Crippen LogP contribution in [0.3, 0.4) is 0 Å². The van der Waals surface area contributed by atoms with Crippen molar-refractivity contribution >= 4 is 6.09 Å². The molecule has 1 aromatic carbocycles. The summed E-state index contributed by atoms with van der Waals surface area (Å²) in [4.78, 5) is 14.5. The van der Waals surface area contributed by atoms with Gasteiger partial charge in [-0.15, -0.1) is 0 Å². The van der Waals surface area contributed by atoms with Crippen LogP contribution in [-0.4, -0.2) is 33.4 Å². The largest absolute Gasteiger partial charge is 0.508 e. The first-order chi connectivity index (χ1) is 11.8. The first kappa shape index (κ1) is 17.6. The van der Waals surface area contributed by atoms with Gasteiger partial charge in [-0.25, -0.2) is 4.79 Å². The fraction of sp³-hybridized carbons (Fsp3) is 0.550. The van der Waals surface area contributed by atoms with E-state index in [1.165, 1.54) is 12.1 Å². The normalized spacial score (nSPS) is 20.7. The van der Waals surface area contributed by atoms with Gasteiger partial charge >= 0.3 is 6.09 Å². The zero-order chi connectivity index (χ0) is 18.2. The summed E-state index contributed by atoms with van der Waals surface area (Å²) in [7, 11) is 0. The van der Waals surface area contributed by atoms with Crippen molar-refractivity contribution in [3.05, 3.63) is 35.0 Å². The van der Waals surface area contributed by atoms with Crippen LogP contribution in [0, 0.1) is 0 Å². The first-order valence-corrected chi connectivity index (χ1v) is 9.02. The molecule has 0 saturated carbocycles. The molecule has 2 aliphatic rings. The second-order valence-corrected chi connectivity index (χ2v) is 7.86. The SMILES string of the molecule is CC(C)(C)OC(=O)N1CCCCCC2C1=CCc1c(O)ccc(O)c12. The van der Waals surface area contributed by atoms with Crippen LogP contribution in [0.1, 0.15) is 63.5 Å². The molecule has 2 N–H and O–H groups in total. The molecule has 1 saturated heterocycles. The average molecular weight is 345 g/mol. The Balaban J connectivity index is 2.00. The van der Waals surface area contributed by atoms with Crippen LogP contribution in [0.5, 0.6) is 11.5 Å². The van der Waals surface area contributed by atoms with Crippen molar-refractivity contribution in [3.8, 4) is 11.5 Å². The van der Waals surface area contributed by atoms with Crippen LogP contribution >= 0.6 is 0 Å². The lowest BCUT2D eigenvalue weighted by atomic mass is 9.80. The Kier molecular flexibility index (Phi) is 4.67. The summed E-state index contributed by atoms with van der Waals surface area (Å²) in [6.07, 6.45) is 5.99. The maximum atomic E-state index is 12.7. The quantitative estimate of drug-likeness (QED) is 0.682. The second kappa shape index (κ2) is 6.62. The lowest BCUT2D eigenvalue weighted by Gasteiger charge is -2.37. The molecule has 1 atom stereocenters. The fourth-order valence-corrected chi connectivity index (χ4v) is 3.77. The highest BCUT2D eigenvalue weighted by Crippen LogP contribution is 2.46. The Bertz CT molecular complexity index is 702. The molecule has 0 radical (unpaired) electrons. The summed E-state index contributed by atoms with van der Waals surface area (Å²) in [5, 5.41) is 20.6. The molecular weight excluding hydrogens is 318 g/mol. The van der Waals surface area contributed by atoms with Gasteiger partial charge in [0.25, 0.3) is 0 Å². The van der Waals surface area contributed by atoms with E-state index < -0.39 is 5.60 Å². The van der Waals surface area contributed by atoms with Gasteiger partial charge in [-0.05, 0) is 52.2 Å². The molecule has 3 rings (SSSR count). The Morgan fingerprint density at radius 2 is 1.88 bits per heavy atom. The third kappa shape index (κ3) is 3.60. The minimum Gasteiger partial charge on any atom is -0.508 e. The van der Waals surface area contributed by atoms with E-state index >= 15 is 0 Å². The first-order valence-electron chi connectivity index (χ1n) is 9.02. The van der Waals surface area contributed by atoms with Gasteiger partial charge in [0.2, 0.25) is 0 Å². The molecule has 5 heteroatoms. The average Bonchev–Trinajstić information content (AvgIpc) is 2.49. The van der Waals surface area contributed by atoms with Crippen molar-refractivity contribution in [2.45, 2.75) is 64.4 Å². The number of nitrogens with zero attached hydrogens (tertiary/aromatic N) is 1. The maximum Gasteiger partial charge on any atom is 0.414 e. The fourth-order valence-electron chi connectivity index (χ4n) is 3.77. The molecule has 0 spiro atoms.